The van der Waals surface area contributed by atoms with E-state index in [1.165, 1.54) is 28.0 Å². The summed E-state index contributed by atoms with van der Waals surface area (Å²) in [7, 11) is 0. The predicted molar refractivity (Wildman–Crippen MR) is 79.5 cm³/mol. The molecule has 2 aromatic heterocycles. The fourth-order valence-electron chi connectivity index (χ4n) is 2.08. The highest BCUT2D eigenvalue weighted by molar-refractivity contribution is 7.99. The Morgan fingerprint density at radius 2 is 2.33 bits per heavy atom. The van der Waals surface area contributed by atoms with Crippen LogP contribution in [0.2, 0.25) is 0 Å². The lowest BCUT2D eigenvalue weighted by molar-refractivity contribution is -0.140. The molecule has 0 radical (unpaired) electrons. The average molecular weight is 324 g/mol. The first-order valence-electron chi connectivity index (χ1n) is 6.20. The first kappa shape index (κ1) is 14.2. The molecule has 3 heterocycles. The van der Waals surface area contributed by atoms with E-state index >= 15 is 0 Å². The van der Waals surface area contributed by atoms with E-state index < -0.39 is 12.0 Å². The van der Waals surface area contributed by atoms with E-state index in [9.17, 15) is 9.59 Å². The number of carbonyl (C=O) groups is 2. The van der Waals surface area contributed by atoms with Gasteiger partial charge in [0.05, 0.1) is 12.1 Å². The molecule has 0 bridgehead atoms. The number of aryl methyl sites for hydroxylation is 1. The molecule has 1 amide bonds. The van der Waals surface area contributed by atoms with E-state index in [2.05, 4.69) is 4.98 Å². The van der Waals surface area contributed by atoms with Gasteiger partial charge >= 0.3 is 5.97 Å². The summed E-state index contributed by atoms with van der Waals surface area (Å²) in [6.45, 7) is 1.80. The van der Waals surface area contributed by atoms with Crippen LogP contribution in [0.3, 0.4) is 0 Å². The largest absolute Gasteiger partial charge is 0.480 e. The molecule has 1 aliphatic heterocycles. The van der Waals surface area contributed by atoms with Crippen LogP contribution in [0.4, 0.5) is 0 Å². The molecule has 1 N–H and O–H groups in total. The first-order chi connectivity index (χ1) is 10.1. The van der Waals surface area contributed by atoms with Crippen molar-refractivity contribution >= 4 is 35.0 Å². The van der Waals surface area contributed by atoms with Crippen LogP contribution in [0.1, 0.15) is 15.4 Å². The molecule has 0 aromatic carbocycles. The quantitative estimate of drug-likeness (QED) is 0.933. The van der Waals surface area contributed by atoms with Crippen molar-refractivity contribution < 1.29 is 19.1 Å². The molecule has 6 nitrogen and oxygen atoms in total. The van der Waals surface area contributed by atoms with Crippen LogP contribution in [0, 0.1) is 6.92 Å². The number of aliphatic carboxylic acids is 1. The number of furan rings is 1. The molecule has 2 aromatic rings. The number of nitrogens with zero attached hydrogens (tertiary/aromatic N) is 2. The molecule has 8 heteroatoms. The number of amides is 1. The second kappa shape index (κ2) is 5.53. The van der Waals surface area contributed by atoms with Crippen LogP contribution in [0.15, 0.2) is 22.8 Å². The minimum absolute atomic E-state index is 0.306. The lowest BCUT2D eigenvalue weighted by Gasteiger charge is -2.19. The van der Waals surface area contributed by atoms with Crippen molar-refractivity contribution in [1.29, 1.82) is 0 Å². The molecule has 1 fully saturated rings. The van der Waals surface area contributed by atoms with Gasteiger partial charge < -0.3 is 14.4 Å². The van der Waals surface area contributed by atoms with Gasteiger partial charge in [0.2, 0.25) is 0 Å². The summed E-state index contributed by atoms with van der Waals surface area (Å²) < 4.78 is 5.28. The fraction of sp³-hybridized carbons (Fsp3) is 0.308. The zero-order chi connectivity index (χ0) is 15.0. The monoisotopic (exact) mass is 324 g/mol. The van der Waals surface area contributed by atoms with Gasteiger partial charge in [0.1, 0.15) is 11.7 Å². The van der Waals surface area contributed by atoms with E-state index in [0.717, 1.165) is 4.88 Å². The zero-order valence-corrected chi connectivity index (χ0v) is 12.7. The summed E-state index contributed by atoms with van der Waals surface area (Å²) >= 11 is 2.80. The number of hydrogen-bond donors (Lipinski definition) is 1. The van der Waals surface area contributed by atoms with Crippen molar-refractivity contribution in [2.75, 3.05) is 11.6 Å². The lowest BCUT2D eigenvalue weighted by Crippen LogP contribution is -2.42. The Morgan fingerprint density at radius 3 is 3.00 bits per heavy atom. The van der Waals surface area contributed by atoms with Gasteiger partial charge in [-0.15, -0.1) is 23.1 Å². The Kier molecular flexibility index (Phi) is 3.73. The van der Waals surface area contributed by atoms with Crippen molar-refractivity contribution in [3.8, 4) is 10.8 Å². The van der Waals surface area contributed by atoms with E-state index in [-0.39, 0.29) is 5.91 Å². The van der Waals surface area contributed by atoms with Crippen LogP contribution in [-0.4, -0.2) is 44.5 Å². The van der Waals surface area contributed by atoms with Gasteiger partial charge in [0.15, 0.2) is 10.8 Å². The molecule has 0 aliphatic carbocycles. The third-order valence-corrected chi connectivity index (χ3v) is 5.16. The Bertz CT molecular complexity index is 680. The van der Waals surface area contributed by atoms with Gasteiger partial charge in [-0.25, -0.2) is 9.78 Å². The number of thioether (sulfide) groups is 1. The first-order valence-corrected chi connectivity index (χ1v) is 8.18. The number of aromatic nitrogens is 1. The number of hydrogen-bond acceptors (Lipinski definition) is 6. The van der Waals surface area contributed by atoms with Crippen LogP contribution in [0.5, 0.6) is 0 Å². The maximum absolute atomic E-state index is 12.5. The molecular weight excluding hydrogens is 312 g/mol. The smallest absolute Gasteiger partial charge is 0.327 e. The highest BCUT2D eigenvalue weighted by Gasteiger charge is 2.36. The number of carbonyl (C=O) groups excluding carboxylic acids is 1. The zero-order valence-electron chi connectivity index (χ0n) is 11.1. The van der Waals surface area contributed by atoms with Gasteiger partial charge in [0, 0.05) is 10.6 Å². The average Bonchev–Trinajstić information content (AvgIpc) is 3.18. The SMILES string of the molecule is Cc1sc(-c2ccco2)nc1C(=O)N1CSC[C@H]1C(=O)O. The maximum atomic E-state index is 12.5. The number of carboxylic acids is 1. The van der Waals surface area contributed by atoms with Crippen LogP contribution < -0.4 is 0 Å². The molecule has 0 unspecified atom stereocenters. The second-order valence-corrected chi connectivity index (χ2v) is 6.73. The van der Waals surface area contributed by atoms with E-state index in [1.54, 1.807) is 25.3 Å². The maximum Gasteiger partial charge on any atom is 0.327 e. The molecule has 110 valence electrons. The Balaban J connectivity index is 1.90. The van der Waals surface area contributed by atoms with Gasteiger partial charge in [0.25, 0.3) is 5.91 Å². The minimum atomic E-state index is -0.979. The van der Waals surface area contributed by atoms with Crippen molar-refractivity contribution in [2.24, 2.45) is 0 Å². The summed E-state index contributed by atoms with van der Waals surface area (Å²) in [5.41, 5.74) is 0.306. The van der Waals surface area contributed by atoms with Crippen molar-refractivity contribution in [2.45, 2.75) is 13.0 Å². The highest BCUT2D eigenvalue weighted by atomic mass is 32.2. The molecule has 1 saturated heterocycles. The molecule has 0 spiro atoms. The van der Waals surface area contributed by atoms with Gasteiger partial charge in [-0.1, -0.05) is 0 Å². The third kappa shape index (κ3) is 2.56. The van der Waals surface area contributed by atoms with Crippen LogP contribution in [-0.2, 0) is 4.79 Å². The normalized spacial score (nSPS) is 18.1. The van der Waals surface area contributed by atoms with Crippen molar-refractivity contribution in [3.05, 3.63) is 29.0 Å². The molecule has 1 aliphatic rings. The molecule has 21 heavy (non-hydrogen) atoms. The van der Waals surface area contributed by atoms with Crippen molar-refractivity contribution in [3.63, 3.8) is 0 Å². The summed E-state index contributed by atoms with van der Waals surface area (Å²) in [5, 5.41) is 9.79. The van der Waals surface area contributed by atoms with E-state index in [0.29, 0.717) is 28.1 Å². The fourth-order valence-corrected chi connectivity index (χ4v) is 4.10. The second-order valence-electron chi connectivity index (χ2n) is 4.53. The number of carboxylic acid groups (broad SMARTS) is 1. The summed E-state index contributed by atoms with van der Waals surface area (Å²) in [5.74, 6) is 0.0807. The van der Waals surface area contributed by atoms with E-state index in [4.69, 9.17) is 9.52 Å². The Morgan fingerprint density at radius 1 is 1.52 bits per heavy atom. The lowest BCUT2D eigenvalue weighted by atomic mass is 10.2. The molecule has 1 atom stereocenters. The standard InChI is InChI=1S/C13H12N2O4S2/c1-7-10(14-11(21-7)9-3-2-4-19-9)12(16)15-6-20-5-8(15)13(17)18/h2-4,8H,5-6H2,1H3,(H,17,18)/t8-/m0/s1. The van der Waals surface area contributed by atoms with E-state index in [1.807, 2.05) is 0 Å². The summed E-state index contributed by atoms with van der Waals surface area (Å²) in [6, 6.07) is 2.75. The van der Waals surface area contributed by atoms with Crippen LogP contribution >= 0.6 is 23.1 Å². The van der Waals surface area contributed by atoms with Gasteiger partial charge in [-0.2, -0.15) is 0 Å². The van der Waals surface area contributed by atoms with Crippen LogP contribution in [0.25, 0.3) is 10.8 Å². The Labute approximate surface area is 128 Å². The number of rotatable bonds is 3. The third-order valence-electron chi connectivity index (χ3n) is 3.16. The number of thiazole rings is 1. The summed E-state index contributed by atoms with van der Waals surface area (Å²) in [4.78, 5) is 30.2. The molecule has 3 rings (SSSR count). The predicted octanol–water partition coefficient (Wildman–Crippen LogP) is 2.31. The molecule has 0 saturated carbocycles. The summed E-state index contributed by atoms with van der Waals surface area (Å²) in [6.07, 6.45) is 1.55. The van der Waals surface area contributed by atoms with Gasteiger partial charge in [-0.3, -0.25) is 4.79 Å². The topological polar surface area (TPSA) is 83.6 Å². The minimum Gasteiger partial charge on any atom is -0.480 e. The highest BCUT2D eigenvalue weighted by Crippen LogP contribution is 2.30. The molecular formula is C13H12N2O4S2. The van der Waals surface area contributed by atoms with Gasteiger partial charge in [-0.05, 0) is 19.1 Å². The Hall–Kier alpha value is -1.80. The van der Waals surface area contributed by atoms with Crippen molar-refractivity contribution in [1.82, 2.24) is 9.88 Å².